The molecule has 2 heterocycles. The molecular weight excluding hydrogens is 529 g/mol. The number of carbonyl (C=O) groups is 1. The summed E-state index contributed by atoms with van der Waals surface area (Å²) < 4.78 is 49.8. The molecule has 1 atom stereocenters. The first-order valence-electron chi connectivity index (χ1n) is 13.7. The Hall–Kier alpha value is -3.11. The lowest BCUT2D eigenvalue weighted by molar-refractivity contribution is -0.139. The van der Waals surface area contributed by atoms with Gasteiger partial charge >= 0.3 is 0 Å². The molecule has 7 nitrogen and oxygen atoms in total. The fourth-order valence-corrected chi connectivity index (χ4v) is 7.17. The van der Waals surface area contributed by atoms with Crippen molar-refractivity contribution in [1.29, 1.82) is 0 Å². The van der Waals surface area contributed by atoms with Crippen LogP contribution in [-0.2, 0) is 26.0 Å². The van der Waals surface area contributed by atoms with E-state index < -0.39 is 15.6 Å². The van der Waals surface area contributed by atoms with Crippen molar-refractivity contribution in [2.24, 2.45) is 0 Å². The molecule has 5 rings (SSSR count). The highest BCUT2D eigenvalue weighted by Gasteiger charge is 2.47. The van der Waals surface area contributed by atoms with Gasteiger partial charge in [-0.05, 0) is 68.5 Å². The Morgan fingerprint density at radius 3 is 2.40 bits per heavy atom. The average molecular weight is 566 g/mol. The molecule has 2 aliphatic rings. The molecule has 1 N–H and O–H groups in total. The summed E-state index contributed by atoms with van der Waals surface area (Å²) in [7, 11) is -3.75. The number of halogens is 1. The highest BCUT2D eigenvalue weighted by Crippen LogP contribution is 2.35. The first-order valence-corrected chi connectivity index (χ1v) is 15.1. The summed E-state index contributed by atoms with van der Waals surface area (Å²) >= 11 is 0. The number of rotatable bonds is 7. The number of hydrogen-bond acceptors (Lipinski definition) is 5. The lowest BCUT2D eigenvalue weighted by Crippen LogP contribution is -2.62. The van der Waals surface area contributed by atoms with Gasteiger partial charge < -0.3 is 10.1 Å². The van der Waals surface area contributed by atoms with Crippen LogP contribution in [0.25, 0.3) is 0 Å². The van der Waals surface area contributed by atoms with Gasteiger partial charge in [0.25, 0.3) is 0 Å². The number of likely N-dealkylation sites (tertiary alicyclic amines) is 1. The Balaban J connectivity index is 1.27. The van der Waals surface area contributed by atoms with Crippen LogP contribution in [0.3, 0.4) is 0 Å². The van der Waals surface area contributed by atoms with Gasteiger partial charge in [-0.1, -0.05) is 54.1 Å². The lowest BCUT2D eigenvalue weighted by atomic mass is 9.88. The Kier molecular flexibility index (Phi) is 8.37. The van der Waals surface area contributed by atoms with E-state index in [4.69, 9.17) is 4.74 Å². The van der Waals surface area contributed by atoms with E-state index in [1.165, 1.54) is 6.07 Å². The quantitative estimate of drug-likeness (QED) is 0.455. The third-order valence-corrected chi connectivity index (χ3v) is 9.88. The molecule has 0 aliphatic carbocycles. The Labute approximate surface area is 236 Å². The van der Waals surface area contributed by atoms with Crippen molar-refractivity contribution in [3.8, 4) is 0 Å². The van der Waals surface area contributed by atoms with Crippen molar-refractivity contribution >= 4 is 21.6 Å². The van der Waals surface area contributed by atoms with E-state index in [-0.39, 0.29) is 35.8 Å². The molecule has 0 bridgehead atoms. The van der Waals surface area contributed by atoms with E-state index in [2.05, 4.69) is 5.32 Å². The van der Waals surface area contributed by atoms with Gasteiger partial charge in [-0.3, -0.25) is 9.69 Å². The van der Waals surface area contributed by atoms with E-state index in [0.717, 1.165) is 11.1 Å². The molecule has 0 aromatic heterocycles. The highest BCUT2D eigenvalue weighted by molar-refractivity contribution is 7.89. The smallest absolute Gasteiger partial charge is 0.243 e. The molecule has 40 heavy (non-hydrogen) atoms. The number of nitrogens with one attached hydrogen (secondary N) is 1. The molecule has 212 valence electrons. The first-order chi connectivity index (χ1) is 19.1. The number of ether oxygens (including phenoxy) is 1. The van der Waals surface area contributed by atoms with E-state index in [0.29, 0.717) is 50.2 Å². The van der Waals surface area contributed by atoms with Crippen LogP contribution < -0.4 is 5.32 Å². The highest BCUT2D eigenvalue weighted by atomic mass is 32.2. The van der Waals surface area contributed by atoms with Gasteiger partial charge in [0.2, 0.25) is 15.9 Å². The third kappa shape index (κ3) is 6.44. The minimum atomic E-state index is -3.75. The second-order valence-electron chi connectivity index (χ2n) is 11.0. The van der Waals surface area contributed by atoms with E-state index in [9.17, 15) is 17.6 Å². The maximum absolute atomic E-state index is 13.9. The third-order valence-electron chi connectivity index (χ3n) is 7.96. The summed E-state index contributed by atoms with van der Waals surface area (Å²) in [6.07, 6.45) is 1.78. The number of piperidine rings is 1. The minimum Gasteiger partial charge on any atom is -0.372 e. The van der Waals surface area contributed by atoms with Crippen LogP contribution in [0.15, 0.2) is 77.7 Å². The van der Waals surface area contributed by atoms with Crippen LogP contribution in [0.2, 0.25) is 0 Å². The summed E-state index contributed by atoms with van der Waals surface area (Å²) in [6.45, 7) is 5.55. The Bertz CT molecular complexity index is 1440. The molecule has 9 heteroatoms. The predicted molar refractivity (Wildman–Crippen MR) is 153 cm³/mol. The van der Waals surface area contributed by atoms with Gasteiger partial charge in [0.15, 0.2) is 0 Å². The largest absolute Gasteiger partial charge is 0.372 e. The molecule has 2 fully saturated rings. The zero-order valence-corrected chi connectivity index (χ0v) is 23.8. The average Bonchev–Trinajstić information content (AvgIpc) is 2.94. The summed E-state index contributed by atoms with van der Waals surface area (Å²) in [6, 6.07) is 21.2. The van der Waals surface area contributed by atoms with Gasteiger partial charge in [0, 0.05) is 25.3 Å². The maximum atomic E-state index is 13.9. The van der Waals surface area contributed by atoms with E-state index in [1.54, 1.807) is 35.5 Å². The van der Waals surface area contributed by atoms with Crippen LogP contribution in [-0.4, -0.2) is 68.0 Å². The van der Waals surface area contributed by atoms with Gasteiger partial charge in [-0.2, -0.15) is 4.31 Å². The number of nitrogens with zero attached hydrogens (tertiary/aromatic N) is 2. The normalized spacial score (nSPS) is 19.9. The zero-order valence-electron chi connectivity index (χ0n) is 23.0. The number of carbonyl (C=O) groups excluding carboxylic acids is 1. The number of sulfonamides is 1. The lowest BCUT2D eigenvalue weighted by Gasteiger charge is -2.49. The van der Waals surface area contributed by atoms with Crippen molar-refractivity contribution < 1.29 is 22.3 Å². The fraction of sp³-hybridized carbons (Fsp3) is 0.387. The van der Waals surface area contributed by atoms with Gasteiger partial charge in [0.05, 0.1) is 29.7 Å². The van der Waals surface area contributed by atoms with Crippen molar-refractivity contribution in [3.05, 3.63) is 95.3 Å². The monoisotopic (exact) mass is 565 g/mol. The summed E-state index contributed by atoms with van der Waals surface area (Å²) in [5, 5.41) is 2.77. The number of hydrogen-bond donors (Lipinski definition) is 1. The van der Waals surface area contributed by atoms with Crippen LogP contribution in [0.5, 0.6) is 0 Å². The first kappa shape index (κ1) is 28.4. The summed E-state index contributed by atoms with van der Waals surface area (Å²) in [4.78, 5) is 14.9. The molecule has 0 unspecified atom stereocenters. The minimum absolute atomic E-state index is 0.174. The topological polar surface area (TPSA) is 79.0 Å². The molecule has 3 aromatic carbocycles. The zero-order chi connectivity index (χ0) is 28.3. The van der Waals surface area contributed by atoms with Crippen molar-refractivity contribution in [2.75, 3.05) is 38.1 Å². The van der Waals surface area contributed by atoms with Crippen LogP contribution in [0.4, 0.5) is 10.1 Å². The molecule has 2 aliphatic heterocycles. The Morgan fingerprint density at radius 1 is 1.02 bits per heavy atom. The molecule has 0 radical (unpaired) electrons. The van der Waals surface area contributed by atoms with Crippen molar-refractivity contribution in [1.82, 2.24) is 9.21 Å². The van der Waals surface area contributed by atoms with Gasteiger partial charge in [0.1, 0.15) is 5.82 Å². The SMILES string of the molecule is Cc1ccc(S(=O)(=O)N2CC3(CCN(CC(=O)Nc4ccc(C)c(F)c4)CC3)OC[C@H]2Cc2ccccc2)cc1. The van der Waals surface area contributed by atoms with Gasteiger partial charge in [-0.25, -0.2) is 12.8 Å². The number of anilines is 1. The molecular formula is C31H36FN3O4S. The molecule has 1 spiro atoms. The summed E-state index contributed by atoms with van der Waals surface area (Å²) in [5.41, 5.74) is 2.40. The molecule has 2 saturated heterocycles. The number of amides is 1. The number of aryl methyl sites for hydroxylation is 2. The van der Waals surface area contributed by atoms with Crippen LogP contribution in [0.1, 0.15) is 29.5 Å². The van der Waals surface area contributed by atoms with Crippen LogP contribution >= 0.6 is 0 Å². The van der Waals surface area contributed by atoms with E-state index in [1.807, 2.05) is 54.3 Å². The molecule has 1 amide bonds. The molecule has 3 aromatic rings. The second-order valence-corrected chi connectivity index (χ2v) is 12.9. The van der Waals surface area contributed by atoms with Crippen LogP contribution in [0, 0.1) is 19.7 Å². The second kappa shape index (κ2) is 11.8. The standard InChI is InChI=1S/C31H36FN3O4S/c1-23-8-12-28(13-9-23)40(37,38)35-22-31(39-21-27(35)18-25-6-4-3-5-7-25)14-16-34(17-15-31)20-30(36)33-26-11-10-24(2)29(32)19-26/h3-13,19,27H,14-18,20-22H2,1-2H3,(H,33,36)/t27-/m1/s1. The fourth-order valence-electron chi connectivity index (χ4n) is 5.48. The number of morpholine rings is 1. The number of benzene rings is 3. The summed E-state index contributed by atoms with van der Waals surface area (Å²) in [5.74, 6) is -0.571. The Morgan fingerprint density at radius 2 is 1.73 bits per heavy atom. The van der Waals surface area contributed by atoms with E-state index >= 15 is 0 Å². The van der Waals surface area contributed by atoms with Gasteiger partial charge in [-0.15, -0.1) is 0 Å². The predicted octanol–water partition coefficient (Wildman–Crippen LogP) is 4.55. The van der Waals surface area contributed by atoms with Crippen molar-refractivity contribution in [2.45, 2.75) is 49.6 Å². The maximum Gasteiger partial charge on any atom is 0.243 e. The molecule has 0 saturated carbocycles. The van der Waals surface area contributed by atoms with Crippen molar-refractivity contribution in [3.63, 3.8) is 0 Å².